The average molecular weight is 215 g/mol. The van der Waals surface area contributed by atoms with Crippen LogP contribution in [0.4, 0.5) is 0 Å². The Labute approximate surface area is 93.4 Å². The number of hydrogen-bond donors (Lipinski definition) is 1. The monoisotopic (exact) mass is 215 g/mol. The predicted octanol–water partition coefficient (Wildman–Crippen LogP) is -0.0139. The lowest BCUT2D eigenvalue weighted by molar-refractivity contribution is 0.118. The first-order valence-corrected chi connectivity index (χ1v) is 5.82. The molecule has 0 saturated carbocycles. The van der Waals surface area contributed by atoms with Crippen LogP contribution in [0.2, 0.25) is 0 Å². The maximum atomic E-state index is 5.80. The molecule has 2 atom stereocenters. The van der Waals surface area contributed by atoms with Gasteiger partial charge in [-0.25, -0.2) is 0 Å². The van der Waals surface area contributed by atoms with Gasteiger partial charge in [0, 0.05) is 38.8 Å². The zero-order valence-corrected chi connectivity index (χ0v) is 10.3. The third kappa shape index (κ3) is 3.72. The van der Waals surface area contributed by atoms with Crippen molar-refractivity contribution < 1.29 is 4.74 Å². The van der Waals surface area contributed by atoms with E-state index in [1.807, 2.05) is 0 Å². The van der Waals surface area contributed by atoms with Gasteiger partial charge in [-0.05, 0) is 26.9 Å². The van der Waals surface area contributed by atoms with Gasteiger partial charge < -0.3 is 15.4 Å². The molecule has 0 aliphatic carbocycles. The molecule has 1 fully saturated rings. The molecular formula is C11H25N3O. The SMILES string of the molecule is COCCN1CC(CN)N(C)CCC1C. The summed E-state index contributed by atoms with van der Waals surface area (Å²) in [6.07, 6.45) is 1.22. The molecule has 0 aromatic carbocycles. The fourth-order valence-corrected chi connectivity index (χ4v) is 2.12. The molecule has 0 spiro atoms. The van der Waals surface area contributed by atoms with Gasteiger partial charge in [0.25, 0.3) is 0 Å². The van der Waals surface area contributed by atoms with Crippen LogP contribution in [0, 0.1) is 0 Å². The van der Waals surface area contributed by atoms with Crippen LogP contribution in [0.3, 0.4) is 0 Å². The number of methoxy groups -OCH3 is 1. The van der Waals surface area contributed by atoms with Gasteiger partial charge in [-0.1, -0.05) is 0 Å². The minimum Gasteiger partial charge on any atom is -0.383 e. The van der Waals surface area contributed by atoms with E-state index in [-0.39, 0.29) is 0 Å². The van der Waals surface area contributed by atoms with E-state index in [4.69, 9.17) is 10.5 Å². The summed E-state index contributed by atoms with van der Waals surface area (Å²) in [5, 5.41) is 0. The largest absolute Gasteiger partial charge is 0.383 e. The Balaban J connectivity index is 2.52. The Morgan fingerprint density at radius 2 is 2.20 bits per heavy atom. The minimum absolute atomic E-state index is 0.492. The first-order valence-electron chi connectivity index (χ1n) is 5.82. The Morgan fingerprint density at radius 3 is 2.80 bits per heavy atom. The Kier molecular flexibility index (Phi) is 5.53. The van der Waals surface area contributed by atoms with Crippen molar-refractivity contribution in [2.45, 2.75) is 25.4 Å². The van der Waals surface area contributed by atoms with Crippen LogP contribution < -0.4 is 5.73 Å². The number of likely N-dealkylation sites (N-methyl/N-ethyl adjacent to an activating group) is 1. The summed E-state index contributed by atoms with van der Waals surface area (Å²) >= 11 is 0. The topological polar surface area (TPSA) is 41.7 Å². The molecule has 1 rings (SSSR count). The molecule has 1 aliphatic rings. The fourth-order valence-electron chi connectivity index (χ4n) is 2.12. The second-order valence-corrected chi connectivity index (χ2v) is 4.50. The van der Waals surface area contributed by atoms with Gasteiger partial charge in [0.15, 0.2) is 0 Å². The summed E-state index contributed by atoms with van der Waals surface area (Å²) in [4.78, 5) is 4.87. The molecular weight excluding hydrogens is 190 g/mol. The van der Waals surface area contributed by atoms with E-state index in [1.165, 1.54) is 6.42 Å². The van der Waals surface area contributed by atoms with E-state index in [2.05, 4.69) is 23.8 Å². The van der Waals surface area contributed by atoms with Gasteiger partial charge >= 0.3 is 0 Å². The van der Waals surface area contributed by atoms with Crippen LogP contribution in [0.15, 0.2) is 0 Å². The van der Waals surface area contributed by atoms with Crippen LogP contribution in [-0.2, 0) is 4.74 Å². The third-order valence-corrected chi connectivity index (χ3v) is 3.45. The summed E-state index contributed by atoms with van der Waals surface area (Å²) in [6.45, 7) is 7.08. The third-order valence-electron chi connectivity index (χ3n) is 3.45. The Hall–Kier alpha value is -0.160. The van der Waals surface area contributed by atoms with Crippen LogP contribution >= 0.6 is 0 Å². The summed E-state index contributed by atoms with van der Waals surface area (Å²) in [5.74, 6) is 0. The van der Waals surface area contributed by atoms with Crippen molar-refractivity contribution >= 4 is 0 Å². The lowest BCUT2D eigenvalue weighted by Crippen LogP contribution is -2.45. The molecule has 0 bridgehead atoms. The number of rotatable bonds is 4. The molecule has 90 valence electrons. The molecule has 15 heavy (non-hydrogen) atoms. The smallest absolute Gasteiger partial charge is 0.0589 e. The highest BCUT2D eigenvalue weighted by molar-refractivity contribution is 4.82. The molecule has 2 unspecified atom stereocenters. The molecule has 1 heterocycles. The zero-order valence-electron chi connectivity index (χ0n) is 10.3. The second kappa shape index (κ2) is 6.43. The normalized spacial score (nSPS) is 30.4. The van der Waals surface area contributed by atoms with Crippen molar-refractivity contribution in [3.05, 3.63) is 0 Å². The van der Waals surface area contributed by atoms with Crippen molar-refractivity contribution in [3.63, 3.8) is 0 Å². The van der Waals surface area contributed by atoms with E-state index >= 15 is 0 Å². The number of hydrogen-bond acceptors (Lipinski definition) is 4. The number of nitrogens with zero attached hydrogens (tertiary/aromatic N) is 2. The van der Waals surface area contributed by atoms with E-state index < -0.39 is 0 Å². The zero-order chi connectivity index (χ0) is 11.3. The molecule has 0 radical (unpaired) electrons. The van der Waals surface area contributed by atoms with Crippen LogP contribution in [0.25, 0.3) is 0 Å². The molecule has 1 saturated heterocycles. The van der Waals surface area contributed by atoms with Gasteiger partial charge in [-0.2, -0.15) is 0 Å². The van der Waals surface area contributed by atoms with Crippen molar-refractivity contribution in [3.8, 4) is 0 Å². The van der Waals surface area contributed by atoms with E-state index in [0.717, 1.165) is 32.8 Å². The van der Waals surface area contributed by atoms with Crippen LogP contribution in [0.1, 0.15) is 13.3 Å². The predicted molar refractivity (Wildman–Crippen MR) is 63.0 cm³/mol. The molecule has 4 heteroatoms. The lowest BCUT2D eigenvalue weighted by Gasteiger charge is -2.30. The highest BCUT2D eigenvalue weighted by Crippen LogP contribution is 2.13. The van der Waals surface area contributed by atoms with Gasteiger partial charge in [0.1, 0.15) is 0 Å². The van der Waals surface area contributed by atoms with Crippen molar-refractivity contribution in [1.82, 2.24) is 9.80 Å². The second-order valence-electron chi connectivity index (χ2n) is 4.50. The minimum atomic E-state index is 0.492. The van der Waals surface area contributed by atoms with Crippen LogP contribution in [-0.4, -0.2) is 68.8 Å². The summed E-state index contributed by atoms with van der Waals surface area (Å²) < 4.78 is 5.14. The molecule has 0 amide bonds. The quantitative estimate of drug-likeness (QED) is 0.716. The van der Waals surface area contributed by atoms with E-state index in [0.29, 0.717) is 12.1 Å². The number of ether oxygens (including phenoxy) is 1. The standard InChI is InChI=1S/C11H25N3O/c1-10-4-5-13(2)11(8-12)9-14(10)6-7-15-3/h10-11H,4-9,12H2,1-3H3. The van der Waals surface area contributed by atoms with Gasteiger partial charge in [-0.15, -0.1) is 0 Å². The molecule has 0 aromatic heterocycles. The molecule has 4 nitrogen and oxygen atoms in total. The van der Waals surface area contributed by atoms with E-state index in [9.17, 15) is 0 Å². The maximum absolute atomic E-state index is 5.80. The van der Waals surface area contributed by atoms with E-state index in [1.54, 1.807) is 7.11 Å². The highest BCUT2D eigenvalue weighted by atomic mass is 16.5. The molecule has 1 aliphatic heterocycles. The maximum Gasteiger partial charge on any atom is 0.0589 e. The average Bonchev–Trinajstić information content (AvgIpc) is 2.37. The summed E-state index contributed by atoms with van der Waals surface area (Å²) in [5.41, 5.74) is 5.80. The first-order chi connectivity index (χ1) is 7.19. The highest BCUT2D eigenvalue weighted by Gasteiger charge is 2.25. The Bertz CT molecular complexity index is 177. The fraction of sp³-hybridized carbons (Fsp3) is 1.00. The molecule has 2 N–H and O–H groups in total. The lowest BCUT2D eigenvalue weighted by atomic mass is 10.2. The van der Waals surface area contributed by atoms with Crippen LogP contribution in [0.5, 0.6) is 0 Å². The molecule has 0 aromatic rings. The van der Waals surface area contributed by atoms with Gasteiger partial charge in [-0.3, -0.25) is 4.90 Å². The Morgan fingerprint density at radius 1 is 1.47 bits per heavy atom. The van der Waals surface area contributed by atoms with Gasteiger partial charge in [0.2, 0.25) is 0 Å². The number of nitrogens with two attached hydrogens (primary N) is 1. The van der Waals surface area contributed by atoms with Crippen molar-refractivity contribution in [2.24, 2.45) is 5.73 Å². The summed E-state index contributed by atoms with van der Waals surface area (Å²) in [7, 11) is 3.93. The van der Waals surface area contributed by atoms with Crippen molar-refractivity contribution in [1.29, 1.82) is 0 Å². The van der Waals surface area contributed by atoms with Crippen molar-refractivity contribution in [2.75, 3.05) is 46.9 Å². The van der Waals surface area contributed by atoms with Gasteiger partial charge in [0.05, 0.1) is 6.61 Å². The first kappa shape index (κ1) is 12.9. The summed E-state index contributed by atoms with van der Waals surface area (Å²) in [6, 6.07) is 1.13.